The number of aromatic amines is 1. The Bertz CT molecular complexity index is 1580. The van der Waals surface area contributed by atoms with E-state index in [9.17, 15) is 18.0 Å². The minimum absolute atomic E-state index is 0.151. The van der Waals surface area contributed by atoms with Gasteiger partial charge in [-0.25, -0.2) is 19.9 Å². The number of rotatable bonds is 7. The van der Waals surface area contributed by atoms with Crippen LogP contribution in [-0.4, -0.2) is 108 Å². The van der Waals surface area contributed by atoms with Gasteiger partial charge in [0, 0.05) is 68.7 Å². The Hall–Kier alpha value is -3.95. The number of piperidine rings is 1. The number of aromatic nitrogens is 7. The minimum Gasteiger partial charge on any atom is -0.346 e. The summed E-state index contributed by atoms with van der Waals surface area (Å²) in [6, 6.07) is 3.52. The molecule has 2 fully saturated rings. The van der Waals surface area contributed by atoms with Crippen LogP contribution < -0.4 is 5.73 Å². The van der Waals surface area contributed by atoms with Crippen LogP contribution in [-0.2, 0) is 18.3 Å². The van der Waals surface area contributed by atoms with E-state index in [2.05, 4.69) is 34.9 Å². The number of carbonyl (C=O) groups is 1. The van der Waals surface area contributed by atoms with E-state index in [1.807, 2.05) is 23.1 Å². The van der Waals surface area contributed by atoms with Crippen LogP contribution >= 0.6 is 0 Å². The van der Waals surface area contributed by atoms with E-state index in [4.69, 9.17) is 5.73 Å². The summed E-state index contributed by atoms with van der Waals surface area (Å²) < 4.78 is 42.2. The van der Waals surface area contributed by atoms with Crippen LogP contribution in [0.4, 0.5) is 13.2 Å². The van der Waals surface area contributed by atoms with Gasteiger partial charge in [0.15, 0.2) is 0 Å². The van der Waals surface area contributed by atoms with Gasteiger partial charge in [0.25, 0.3) is 5.91 Å². The fraction of sp³-hybridized carbons (Fsp3) is 0.481. The van der Waals surface area contributed by atoms with Crippen molar-refractivity contribution < 1.29 is 18.0 Å². The standard InChI is InChI=1S/C27H32F3N11O/c1-38(2)12-18-9-21(37-25(36-18)27(28,29)30)24(42)39-7-4-19(5-8-39)40-14-26(13-31,15-40)41-11-17(10-35-41)22-20-3-6-32-23(20)34-16-33-22/h3,6,9-11,16,19H,4-5,7-8,12-15,31H2,1-2H3,(H,32,33,34). The highest BCUT2D eigenvalue weighted by molar-refractivity contribution is 5.92. The Morgan fingerprint density at radius 3 is 2.64 bits per heavy atom. The number of nitrogens with zero attached hydrogens (tertiary/aromatic N) is 9. The number of carbonyl (C=O) groups excluding carboxylic acids is 1. The minimum atomic E-state index is -4.74. The molecule has 6 heterocycles. The maximum absolute atomic E-state index is 13.4. The van der Waals surface area contributed by atoms with Crippen molar-refractivity contribution in [2.24, 2.45) is 5.73 Å². The molecule has 3 N–H and O–H groups in total. The molecule has 2 aliphatic rings. The quantitative estimate of drug-likeness (QED) is 0.334. The summed E-state index contributed by atoms with van der Waals surface area (Å²) in [5, 5.41) is 5.56. The maximum atomic E-state index is 13.4. The fourth-order valence-electron chi connectivity index (χ4n) is 5.88. The number of amides is 1. The molecule has 0 spiro atoms. The first kappa shape index (κ1) is 28.2. The molecule has 4 aromatic rings. The molecule has 0 aliphatic carbocycles. The molecule has 0 saturated carbocycles. The summed E-state index contributed by atoms with van der Waals surface area (Å²) in [6.45, 7) is 2.85. The van der Waals surface area contributed by atoms with Crippen LogP contribution in [0.15, 0.2) is 37.1 Å². The lowest BCUT2D eigenvalue weighted by Gasteiger charge is -2.54. The zero-order valence-corrected chi connectivity index (χ0v) is 23.3. The largest absolute Gasteiger partial charge is 0.451 e. The molecular weight excluding hydrogens is 551 g/mol. The molecule has 0 bridgehead atoms. The van der Waals surface area contributed by atoms with Crippen LogP contribution in [0.2, 0.25) is 0 Å². The van der Waals surface area contributed by atoms with E-state index >= 15 is 0 Å². The smallest absolute Gasteiger partial charge is 0.346 e. The summed E-state index contributed by atoms with van der Waals surface area (Å²) in [5.41, 5.74) is 8.27. The topological polar surface area (TPSA) is 138 Å². The summed E-state index contributed by atoms with van der Waals surface area (Å²) >= 11 is 0. The van der Waals surface area contributed by atoms with Crippen molar-refractivity contribution in [1.82, 2.24) is 49.4 Å². The van der Waals surface area contributed by atoms with Crippen molar-refractivity contribution in [3.63, 3.8) is 0 Å². The van der Waals surface area contributed by atoms with E-state index in [1.165, 1.54) is 12.4 Å². The summed E-state index contributed by atoms with van der Waals surface area (Å²) in [4.78, 5) is 37.8. The highest BCUT2D eigenvalue weighted by Gasteiger charge is 2.47. The summed E-state index contributed by atoms with van der Waals surface area (Å²) in [6.07, 6.45) is 3.77. The Balaban J connectivity index is 1.10. The van der Waals surface area contributed by atoms with Crippen LogP contribution in [0.25, 0.3) is 22.3 Å². The normalized spacial score (nSPS) is 18.1. The summed E-state index contributed by atoms with van der Waals surface area (Å²) in [5.74, 6) is -1.80. The maximum Gasteiger partial charge on any atom is 0.451 e. The van der Waals surface area contributed by atoms with Crippen LogP contribution in [0.5, 0.6) is 0 Å². The van der Waals surface area contributed by atoms with Gasteiger partial charge in [-0.1, -0.05) is 0 Å². The Kier molecular flexibility index (Phi) is 7.19. The molecule has 6 rings (SSSR count). The third-order valence-electron chi connectivity index (χ3n) is 8.07. The lowest BCUT2D eigenvalue weighted by Crippen LogP contribution is -2.69. The van der Waals surface area contributed by atoms with Gasteiger partial charge in [0.1, 0.15) is 23.2 Å². The van der Waals surface area contributed by atoms with E-state index in [-0.39, 0.29) is 29.5 Å². The van der Waals surface area contributed by atoms with Crippen molar-refractivity contribution >= 4 is 16.9 Å². The second-order valence-electron chi connectivity index (χ2n) is 11.3. The van der Waals surface area contributed by atoms with E-state index in [1.54, 1.807) is 30.1 Å². The van der Waals surface area contributed by atoms with Crippen molar-refractivity contribution in [2.75, 3.05) is 46.8 Å². The molecule has 0 radical (unpaired) electrons. The zero-order valence-electron chi connectivity index (χ0n) is 23.3. The molecule has 222 valence electrons. The number of alkyl halides is 3. The molecule has 42 heavy (non-hydrogen) atoms. The Morgan fingerprint density at radius 2 is 1.95 bits per heavy atom. The summed E-state index contributed by atoms with van der Waals surface area (Å²) in [7, 11) is 3.45. The monoisotopic (exact) mass is 583 g/mol. The van der Waals surface area contributed by atoms with Crippen molar-refractivity contribution in [3.05, 3.63) is 54.3 Å². The molecule has 12 nitrogen and oxygen atoms in total. The fourth-order valence-corrected chi connectivity index (χ4v) is 5.88. The second-order valence-corrected chi connectivity index (χ2v) is 11.3. The van der Waals surface area contributed by atoms with Gasteiger partial charge in [-0.05, 0) is 39.1 Å². The number of hydrogen-bond donors (Lipinski definition) is 2. The first-order valence-corrected chi connectivity index (χ1v) is 13.7. The van der Waals surface area contributed by atoms with Crippen LogP contribution in [0.3, 0.4) is 0 Å². The Labute approximate surface area is 239 Å². The van der Waals surface area contributed by atoms with Crippen molar-refractivity contribution in [2.45, 2.75) is 37.1 Å². The predicted octanol–water partition coefficient (Wildman–Crippen LogP) is 1.97. The SMILES string of the molecule is CN(C)Cc1cc(C(=O)N2CCC(N3CC(CN)(n4cc(-c5ncnc6[nH]ccc56)cn4)C3)CC2)nc(C(F)(F)F)n1. The average Bonchev–Trinajstić information content (AvgIpc) is 3.62. The lowest BCUT2D eigenvalue weighted by molar-refractivity contribution is -0.145. The van der Waals surface area contributed by atoms with Crippen molar-refractivity contribution in [1.29, 1.82) is 0 Å². The van der Waals surface area contributed by atoms with Gasteiger partial charge in [0.05, 0.1) is 17.6 Å². The third-order valence-corrected chi connectivity index (χ3v) is 8.07. The predicted molar refractivity (Wildman–Crippen MR) is 147 cm³/mol. The number of halogens is 3. The average molecular weight is 584 g/mol. The van der Waals surface area contributed by atoms with Gasteiger partial charge >= 0.3 is 6.18 Å². The van der Waals surface area contributed by atoms with Gasteiger partial charge < -0.3 is 20.5 Å². The first-order chi connectivity index (χ1) is 20.1. The molecular formula is C27H32F3N11O. The number of fused-ring (bicyclic) bond motifs is 1. The van der Waals surface area contributed by atoms with Crippen LogP contribution in [0.1, 0.15) is 34.8 Å². The van der Waals surface area contributed by atoms with E-state index < -0.39 is 17.9 Å². The molecule has 2 saturated heterocycles. The Morgan fingerprint density at radius 1 is 1.19 bits per heavy atom. The molecule has 0 aromatic carbocycles. The van der Waals surface area contributed by atoms with Gasteiger partial charge in [-0.3, -0.25) is 14.4 Å². The molecule has 2 aliphatic heterocycles. The molecule has 0 unspecified atom stereocenters. The molecule has 1 amide bonds. The highest BCUT2D eigenvalue weighted by Crippen LogP contribution is 2.35. The number of nitrogens with two attached hydrogens (primary N) is 1. The third kappa shape index (κ3) is 5.23. The lowest BCUT2D eigenvalue weighted by atomic mass is 9.86. The van der Waals surface area contributed by atoms with E-state index in [0.29, 0.717) is 45.6 Å². The highest BCUT2D eigenvalue weighted by atomic mass is 19.4. The number of hydrogen-bond acceptors (Lipinski definition) is 9. The molecule has 15 heteroatoms. The second kappa shape index (κ2) is 10.7. The molecule has 4 aromatic heterocycles. The van der Waals surface area contributed by atoms with Gasteiger partial charge in [-0.15, -0.1) is 0 Å². The molecule has 0 atom stereocenters. The number of likely N-dealkylation sites (tertiary alicyclic amines) is 2. The van der Waals surface area contributed by atoms with Gasteiger partial charge in [0.2, 0.25) is 5.82 Å². The number of H-pyrrole nitrogens is 1. The van der Waals surface area contributed by atoms with Crippen LogP contribution in [0, 0.1) is 0 Å². The van der Waals surface area contributed by atoms with E-state index in [0.717, 1.165) is 22.3 Å². The number of nitrogens with one attached hydrogen (secondary N) is 1. The first-order valence-electron chi connectivity index (χ1n) is 13.7. The van der Waals surface area contributed by atoms with Crippen molar-refractivity contribution in [3.8, 4) is 11.3 Å². The van der Waals surface area contributed by atoms with Gasteiger partial charge in [-0.2, -0.15) is 18.3 Å². The zero-order chi connectivity index (χ0) is 29.6.